The third-order valence-electron chi connectivity index (χ3n) is 4.06. The molecule has 0 unspecified atom stereocenters. The number of ether oxygens (including phenoxy) is 1. The van der Waals surface area contributed by atoms with Crippen LogP contribution in [0.25, 0.3) is 0 Å². The van der Waals surface area contributed by atoms with E-state index in [1.807, 2.05) is 11.6 Å². The molecule has 116 valence electrons. The Bertz CT molecular complexity index is 539. The smallest absolute Gasteiger partial charge is 0.276 e. The fraction of sp³-hybridized carbons (Fsp3) is 0.714. The first-order valence-corrected chi connectivity index (χ1v) is 7.82. The average Bonchev–Trinajstić information content (AvgIpc) is 2.60. The van der Waals surface area contributed by atoms with Gasteiger partial charge in [0.25, 0.3) is 5.91 Å². The van der Waals surface area contributed by atoms with Crippen molar-refractivity contribution in [1.82, 2.24) is 19.6 Å². The molecule has 1 amide bonds. The summed E-state index contributed by atoms with van der Waals surface area (Å²) in [4.78, 5) is 16.4. The third-order valence-corrected chi connectivity index (χ3v) is 4.46. The molecule has 0 saturated carbocycles. The van der Waals surface area contributed by atoms with Crippen LogP contribution >= 0.6 is 11.6 Å². The molecule has 0 bridgehead atoms. The van der Waals surface area contributed by atoms with Gasteiger partial charge >= 0.3 is 0 Å². The van der Waals surface area contributed by atoms with Gasteiger partial charge in [-0.1, -0.05) is 11.6 Å². The lowest BCUT2D eigenvalue weighted by atomic mass is 10.1. The molecular weight excluding hydrogens is 292 g/mol. The SMILES string of the molecule is CCOC1CN(C(=O)c2nn3c(c2Cl)CN(C)CCC3)C1. The quantitative estimate of drug-likeness (QED) is 0.842. The van der Waals surface area contributed by atoms with Gasteiger partial charge in [-0.3, -0.25) is 9.48 Å². The predicted molar refractivity (Wildman–Crippen MR) is 79.5 cm³/mol. The molecule has 7 heteroatoms. The highest BCUT2D eigenvalue weighted by Crippen LogP contribution is 2.27. The zero-order valence-corrected chi connectivity index (χ0v) is 13.3. The molecule has 1 aromatic rings. The summed E-state index contributed by atoms with van der Waals surface area (Å²) in [6, 6.07) is 0. The lowest BCUT2D eigenvalue weighted by Crippen LogP contribution is -2.54. The summed E-state index contributed by atoms with van der Waals surface area (Å²) in [5.41, 5.74) is 1.33. The molecule has 2 aliphatic heterocycles. The summed E-state index contributed by atoms with van der Waals surface area (Å²) >= 11 is 6.41. The van der Waals surface area contributed by atoms with Crippen LogP contribution < -0.4 is 0 Å². The lowest BCUT2D eigenvalue weighted by Gasteiger charge is -2.38. The Morgan fingerprint density at radius 1 is 1.43 bits per heavy atom. The van der Waals surface area contributed by atoms with Crippen molar-refractivity contribution in [3.63, 3.8) is 0 Å². The number of aryl methyl sites for hydroxylation is 1. The van der Waals surface area contributed by atoms with E-state index in [-0.39, 0.29) is 12.0 Å². The number of nitrogens with zero attached hydrogens (tertiary/aromatic N) is 4. The van der Waals surface area contributed by atoms with Gasteiger partial charge in [-0.2, -0.15) is 5.10 Å². The van der Waals surface area contributed by atoms with Crippen LogP contribution in [0.2, 0.25) is 5.02 Å². The number of carbonyl (C=O) groups is 1. The molecular formula is C14H21ClN4O2. The van der Waals surface area contributed by atoms with Crippen molar-refractivity contribution in [1.29, 1.82) is 0 Å². The molecule has 21 heavy (non-hydrogen) atoms. The fourth-order valence-electron chi connectivity index (χ4n) is 2.87. The van der Waals surface area contributed by atoms with Crippen molar-refractivity contribution in [2.75, 3.05) is 33.3 Å². The van der Waals surface area contributed by atoms with E-state index in [0.29, 0.717) is 30.4 Å². The number of hydrogen-bond donors (Lipinski definition) is 0. The topological polar surface area (TPSA) is 50.6 Å². The molecule has 3 rings (SSSR count). The Kier molecular flexibility index (Phi) is 4.19. The maximum atomic E-state index is 12.5. The summed E-state index contributed by atoms with van der Waals surface area (Å²) in [6.07, 6.45) is 1.18. The van der Waals surface area contributed by atoms with Gasteiger partial charge in [-0.25, -0.2) is 0 Å². The van der Waals surface area contributed by atoms with Crippen molar-refractivity contribution < 1.29 is 9.53 Å². The molecule has 0 aromatic carbocycles. The summed E-state index contributed by atoms with van der Waals surface area (Å²) in [7, 11) is 2.06. The summed E-state index contributed by atoms with van der Waals surface area (Å²) < 4.78 is 7.36. The second-order valence-corrected chi connectivity index (χ2v) is 6.09. The summed E-state index contributed by atoms with van der Waals surface area (Å²) in [5.74, 6) is -0.0841. The van der Waals surface area contributed by atoms with E-state index in [0.717, 1.165) is 31.7 Å². The highest BCUT2D eigenvalue weighted by molar-refractivity contribution is 6.34. The van der Waals surface area contributed by atoms with Crippen LogP contribution in [0.1, 0.15) is 29.5 Å². The van der Waals surface area contributed by atoms with Crippen LogP contribution in [0.4, 0.5) is 0 Å². The Labute approximate surface area is 129 Å². The largest absolute Gasteiger partial charge is 0.375 e. The van der Waals surface area contributed by atoms with E-state index in [2.05, 4.69) is 17.0 Å². The zero-order chi connectivity index (χ0) is 15.0. The summed E-state index contributed by atoms with van der Waals surface area (Å²) in [5, 5.41) is 4.95. The molecule has 1 fully saturated rings. The van der Waals surface area contributed by atoms with E-state index in [1.165, 1.54) is 0 Å². The molecule has 6 nitrogen and oxygen atoms in total. The highest BCUT2D eigenvalue weighted by Gasteiger charge is 2.35. The Hall–Kier alpha value is -1.11. The van der Waals surface area contributed by atoms with Crippen molar-refractivity contribution in [3.8, 4) is 0 Å². The molecule has 3 heterocycles. The number of amides is 1. The van der Waals surface area contributed by atoms with Crippen molar-refractivity contribution >= 4 is 17.5 Å². The number of carbonyl (C=O) groups excluding carboxylic acids is 1. The van der Waals surface area contributed by atoms with Gasteiger partial charge in [0.15, 0.2) is 5.69 Å². The molecule has 0 N–H and O–H groups in total. The number of rotatable bonds is 3. The van der Waals surface area contributed by atoms with Crippen molar-refractivity contribution in [2.24, 2.45) is 0 Å². The number of halogens is 1. The minimum atomic E-state index is -0.0841. The average molecular weight is 313 g/mol. The van der Waals surface area contributed by atoms with Crippen LogP contribution in [-0.2, 0) is 17.8 Å². The van der Waals surface area contributed by atoms with Gasteiger partial charge in [0, 0.05) is 39.3 Å². The van der Waals surface area contributed by atoms with Crippen molar-refractivity contribution in [2.45, 2.75) is 32.5 Å². The zero-order valence-electron chi connectivity index (χ0n) is 12.5. The third kappa shape index (κ3) is 2.80. The maximum absolute atomic E-state index is 12.5. The molecule has 0 atom stereocenters. The van der Waals surface area contributed by atoms with Gasteiger partial charge in [0.2, 0.25) is 0 Å². The Balaban J connectivity index is 1.75. The van der Waals surface area contributed by atoms with Crippen LogP contribution in [0, 0.1) is 0 Å². The van der Waals surface area contributed by atoms with Gasteiger partial charge < -0.3 is 14.5 Å². The molecule has 1 aromatic heterocycles. The van der Waals surface area contributed by atoms with E-state index >= 15 is 0 Å². The minimum Gasteiger partial charge on any atom is -0.375 e. The Morgan fingerprint density at radius 3 is 2.90 bits per heavy atom. The molecule has 0 radical (unpaired) electrons. The van der Waals surface area contributed by atoms with Gasteiger partial charge in [0.1, 0.15) is 0 Å². The second kappa shape index (κ2) is 5.94. The second-order valence-electron chi connectivity index (χ2n) is 5.71. The van der Waals surface area contributed by atoms with Crippen LogP contribution in [0.3, 0.4) is 0 Å². The van der Waals surface area contributed by atoms with Crippen molar-refractivity contribution in [3.05, 3.63) is 16.4 Å². The molecule has 1 saturated heterocycles. The molecule has 2 aliphatic rings. The number of aromatic nitrogens is 2. The monoisotopic (exact) mass is 312 g/mol. The molecule has 0 aliphatic carbocycles. The van der Waals surface area contributed by atoms with Gasteiger partial charge in [0.05, 0.1) is 16.8 Å². The predicted octanol–water partition coefficient (Wildman–Crippen LogP) is 1.23. The van der Waals surface area contributed by atoms with Gasteiger partial charge in [-0.15, -0.1) is 0 Å². The summed E-state index contributed by atoms with van der Waals surface area (Å²) in [6.45, 7) is 6.47. The van der Waals surface area contributed by atoms with E-state index in [9.17, 15) is 4.79 Å². The van der Waals surface area contributed by atoms with E-state index in [1.54, 1.807) is 4.90 Å². The van der Waals surface area contributed by atoms with E-state index < -0.39 is 0 Å². The highest BCUT2D eigenvalue weighted by atomic mass is 35.5. The fourth-order valence-corrected chi connectivity index (χ4v) is 3.14. The lowest BCUT2D eigenvalue weighted by molar-refractivity contribution is -0.0380. The first-order valence-electron chi connectivity index (χ1n) is 7.44. The number of fused-ring (bicyclic) bond motifs is 1. The van der Waals surface area contributed by atoms with Crippen LogP contribution in [0.5, 0.6) is 0 Å². The first-order chi connectivity index (χ1) is 10.1. The minimum absolute atomic E-state index is 0.0841. The Morgan fingerprint density at radius 2 is 2.19 bits per heavy atom. The maximum Gasteiger partial charge on any atom is 0.276 e. The normalized spacial score (nSPS) is 20.0. The van der Waals surface area contributed by atoms with Crippen LogP contribution in [-0.4, -0.2) is 64.9 Å². The van der Waals surface area contributed by atoms with E-state index in [4.69, 9.17) is 16.3 Å². The number of likely N-dealkylation sites (tertiary alicyclic amines) is 1. The first kappa shape index (κ1) is 14.8. The van der Waals surface area contributed by atoms with Gasteiger partial charge in [-0.05, 0) is 20.4 Å². The molecule has 0 spiro atoms. The van der Waals surface area contributed by atoms with Crippen LogP contribution in [0.15, 0.2) is 0 Å². The number of hydrogen-bond acceptors (Lipinski definition) is 4. The standard InChI is InChI=1S/C14H21ClN4O2/c1-3-21-10-7-18(8-10)14(20)13-12(15)11-9-17(2)5-4-6-19(11)16-13/h10H,3-9H2,1-2H3.